The third-order valence-corrected chi connectivity index (χ3v) is 2.98. The average Bonchev–Trinajstić information content (AvgIpc) is 2.89. The molecule has 0 saturated heterocycles. The highest BCUT2D eigenvalue weighted by atomic mass is 19.1. The lowest BCUT2D eigenvalue weighted by molar-refractivity contribution is -0.389. The van der Waals surface area contributed by atoms with Crippen molar-refractivity contribution >= 4 is 17.9 Å². The minimum absolute atomic E-state index is 0.0699. The van der Waals surface area contributed by atoms with Gasteiger partial charge in [0.15, 0.2) is 0 Å². The molecule has 1 N–H and O–H groups in total. The maximum Gasteiger partial charge on any atom is 0.390 e. The third kappa shape index (κ3) is 4.70. The van der Waals surface area contributed by atoms with Gasteiger partial charge in [-0.25, -0.2) is 9.82 Å². The quantitative estimate of drug-likeness (QED) is 0.498. The molecule has 120 valence electrons. The third-order valence-electron chi connectivity index (χ3n) is 2.98. The number of halogens is 1. The highest BCUT2D eigenvalue weighted by Gasteiger charge is 2.15. The van der Waals surface area contributed by atoms with Crippen molar-refractivity contribution in [2.45, 2.75) is 19.9 Å². The van der Waals surface area contributed by atoms with Gasteiger partial charge in [0.2, 0.25) is 5.91 Å². The van der Waals surface area contributed by atoms with E-state index < -0.39 is 4.92 Å². The molecular weight excluding hydrogens is 305 g/mol. The lowest BCUT2D eigenvalue weighted by Gasteiger charge is -2.00. The van der Waals surface area contributed by atoms with Crippen molar-refractivity contribution in [3.63, 3.8) is 0 Å². The van der Waals surface area contributed by atoms with Crippen LogP contribution in [0.5, 0.6) is 0 Å². The van der Waals surface area contributed by atoms with Crippen LogP contribution >= 0.6 is 0 Å². The average molecular weight is 319 g/mol. The number of amides is 1. The minimum Gasteiger partial charge on any atom is -0.358 e. The number of aromatic nitrogens is 2. The Morgan fingerprint density at radius 1 is 1.48 bits per heavy atom. The molecule has 0 saturated carbocycles. The van der Waals surface area contributed by atoms with Crippen molar-refractivity contribution in [3.05, 3.63) is 57.5 Å². The first-order valence-electron chi connectivity index (χ1n) is 6.72. The van der Waals surface area contributed by atoms with Crippen molar-refractivity contribution < 1.29 is 14.1 Å². The Morgan fingerprint density at radius 3 is 2.78 bits per heavy atom. The SMILES string of the molecule is Cc1cc([N+](=O)[O-])nn1CCC(=O)N/N=C\c1ccc(F)cc1. The van der Waals surface area contributed by atoms with Gasteiger partial charge in [0, 0.05) is 6.42 Å². The van der Waals surface area contributed by atoms with E-state index in [1.165, 1.54) is 41.2 Å². The molecule has 1 aromatic carbocycles. The zero-order valence-corrected chi connectivity index (χ0v) is 12.3. The van der Waals surface area contributed by atoms with Crippen LogP contribution in [0.1, 0.15) is 17.7 Å². The lowest BCUT2D eigenvalue weighted by atomic mass is 10.2. The van der Waals surface area contributed by atoms with E-state index in [0.29, 0.717) is 11.3 Å². The van der Waals surface area contributed by atoms with Crippen molar-refractivity contribution in [1.82, 2.24) is 15.2 Å². The second kappa shape index (κ2) is 7.25. The number of rotatable bonds is 6. The summed E-state index contributed by atoms with van der Waals surface area (Å²) >= 11 is 0. The Morgan fingerprint density at radius 2 is 2.17 bits per heavy atom. The fraction of sp³-hybridized carbons (Fsp3) is 0.214. The van der Waals surface area contributed by atoms with Crippen molar-refractivity contribution in [2.24, 2.45) is 5.10 Å². The fourth-order valence-corrected chi connectivity index (χ4v) is 1.80. The van der Waals surface area contributed by atoms with Gasteiger partial charge in [0.1, 0.15) is 5.82 Å². The van der Waals surface area contributed by atoms with Crippen LogP contribution in [-0.4, -0.2) is 26.8 Å². The molecule has 0 fully saturated rings. The van der Waals surface area contributed by atoms with E-state index in [0.717, 1.165) is 0 Å². The summed E-state index contributed by atoms with van der Waals surface area (Å²) < 4.78 is 14.1. The van der Waals surface area contributed by atoms with Crippen LogP contribution in [-0.2, 0) is 11.3 Å². The topological polar surface area (TPSA) is 102 Å². The predicted molar refractivity (Wildman–Crippen MR) is 80.4 cm³/mol. The molecule has 2 aromatic rings. The second-order valence-corrected chi connectivity index (χ2v) is 4.72. The van der Waals surface area contributed by atoms with Gasteiger partial charge >= 0.3 is 5.82 Å². The molecule has 1 aromatic heterocycles. The van der Waals surface area contributed by atoms with Gasteiger partial charge in [-0.1, -0.05) is 12.1 Å². The molecule has 0 aliphatic rings. The van der Waals surface area contributed by atoms with Crippen LogP contribution in [0.15, 0.2) is 35.4 Å². The molecule has 1 amide bonds. The molecule has 1 heterocycles. The normalized spacial score (nSPS) is 10.9. The molecule has 23 heavy (non-hydrogen) atoms. The number of hydrazone groups is 1. The molecule has 0 unspecified atom stereocenters. The molecule has 0 radical (unpaired) electrons. The first-order valence-corrected chi connectivity index (χ1v) is 6.72. The Bertz CT molecular complexity index is 739. The van der Waals surface area contributed by atoms with Gasteiger partial charge in [-0.05, 0) is 29.5 Å². The number of nitrogens with one attached hydrogen (secondary N) is 1. The number of nitro groups is 1. The summed E-state index contributed by atoms with van der Waals surface area (Å²) in [7, 11) is 0. The number of aryl methyl sites for hydroxylation is 2. The van der Waals surface area contributed by atoms with Crippen molar-refractivity contribution in [2.75, 3.05) is 0 Å². The van der Waals surface area contributed by atoms with Crippen molar-refractivity contribution in [3.8, 4) is 0 Å². The van der Waals surface area contributed by atoms with Crippen LogP contribution in [0, 0.1) is 22.9 Å². The molecule has 9 heteroatoms. The molecule has 8 nitrogen and oxygen atoms in total. The summed E-state index contributed by atoms with van der Waals surface area (Å²) in [6, 6.07) is 6.96. The highest BCUT2D eigenvalue weighted by Crippen LogP contribution is 2.11. The molecular formula is C14H14FN5O3. The summed E-state index contributed by atoms with van der Waals surface area (Å²) in [6.45, 7) is 1.88. The van der Waals surface area contributed by atoms with Crippen LogP contribution in [0.4, 0.5) is 10.2 Å². The molecule has 0 bridgehead atoms. The Labute approximate surface area is 130 Å². The zero-order valence-electron chi connectivity index (χ0n) is 12.3. The van der Waals surface area contributed by atoms with Gasteiger partial charge in [-0.3, -0.25) is 4.79 Å². The molecule has 0 atom stereocenters. The Hall–Kier alpha value is -3.10. The number of benzene rings is 1. The van der Waals surface area contributed by atoms with Crippen LogP contribution in [0.3, 0.4) is 0 Å². The zero-order chi connectivity index (χ0) is 16.8. The summed E-state index contributed by atoms with van der Waals surface area (Å²) in [4.78, 5) is 21.7. The van der Waals surface area contributed by atoms with Gasteiger partial charge < -0.3 is 10.1 Å². The molecule has 2 rings (SSSR count). The van der Waals surface area contributed by atoms with Crippen molar-refractivity contribution in [1.29, 1.82) is 0 Å². The van der Waals surface area contributed by atoms with E-state index in [1.807, 2.05) is 0 Å². The summed E-state index contributed by atoms with van der Waals surface area (Å²) in [5.74, 6) is -0.965. The van der Waals surface area contributed by atoms with E-state index >= 15 is 0 Å². The summed E-state index contributed by atoms with van der Waals surface area (Å²) in [6.07, 6.45) is 1.46. The summed E-state index contributed by atoms with van der Waals surface area (Å²) in [5, 5.41) is 18.1. The van der Waals surface area contributed by atoms with E-state index in [2.05, 4.69) is 15.6 Å². The maximum atomic E-state index is 12.7. The highest BCUT2D eigenvalue weighted by molar-refractivity contribution is 5.82. The first kappa shape index (κ1) is 16.3. The van der Waals surface area contributed by atoms with E-state index in [4.69, 9.17) is 0 Å². The Balaban J connectivity index is 1.83. The lowest BCUT2D eigenvalue weighted by Crippen LogP contribution is -2.20. The molecule has 0 aliphatic carbocycles. The number of hydrogen-bond acceptors (Lipinski definition) is 5. The second-order valence-electron chi connectivity index (χ2n) is 4.72. The van der Waals surface area contributed by atoms with Crippen LogP contribution in [0.2, 0.25) is 0 Å². The van der Waals surface area contributed by atoms with Gasteiger partial charge in [-0.15, -0.1) is 0 Å². The minimum atomic E-state index is -0.587. The van der Waals surface area contributed by atoms with E-state index in [9.17, 15) is 19.3 Å². The van der Waals surface area contributed by atoms with Gasteiger partial charge in [0.05, 0.1) is 29.6 Å². The van der Waals surface area contributed by atoms with Gasteiger partial charge in [-0.2, -0.15) is 9.78 Å². The maximum absolute atomic E-state index is 12.7. The molecule has 0 spiro atoms. The molecule has 0 aliphatic heterocycles. The summed E-state index contributed by atoms with van der Waals surface area (Å²) in [5.41, 5.74) is 3.57. The first-order chi connectivity index (χ1) is 11.0. The monoisotopic (exact) mass is 319 g/mol. The number of carbonyl (C=O) groups excluding carboxylic acids is 1. The van der Waals surface area contributed by atoms with E-state index in [-0.39, 0.29) is 30.5 Å². The number of carbonyl (C=O) groups is 1. The number of nitrogens with zero attached hydrogens (tertiary/aromatic N) is 4. The standard InChI is InChI=1S/C14H14FN5O3/c1-10-8-13(20(22)23)18-19(10)7-6-14(21)17-16-9-11-2-4-12(15)5-3-11/h2-5,8-9H,6-7H2,1H3,(H,17,21)/b16-9-. The van der Waals surface area contributed by atoms with Crippen LogP contribution in [0.25, 0.3) is 0 Å². The predicted octanol–water partition coefficient (Wildman–Crippen LogP) is 1.78. The Kier molecular flexibility index (Phi) is 5.13. The number of hydrogen-bond donors (Lipinski definition) is 1. The smallest absolute Gasteiger partial charge is 0.358 e. The van der Waals surface area contributed by atoms with E-state index in [1.54, 1.807) is 6.92 Å². The van der Waals surface area contributed by atoms with Crippen LogP contribution < -0.4 is 5.43 Å². The fourth-order valence-electron chi connectivity index (χ4n) is 1.80. The largest absolute Gasteiger partial charge is 0.390 e. The van der Waals surface area contributed by atoms with Gasteiger partial charge in [0.25, 0.3) is 0 Å².